The Morgan fingerprint density at radius 1 is 0.974 bits per heavy atom. The highest BCUT2D eigenvalue weighted by Gasteiger charge is 2.39. The Hall–Kier alpha value is -4.14. The van der Waals surface area contributed by atoms with Gasteiger partial charge >= 0.3 is 12.1 Å². The SMILES string of the molecule is C=CCOC(=O)CC(C(=O)N(C)C)N(C)C(=O)C(C)(C)NC(=O)OCC1c2ccccc2-c2ccccc21. The fourth-order valence-corrected chi connectivity index (χ4v) is 4.58. The van der Waals surface area contributed by atoms with Crippen LogP contribution in [0.4, 0.5) is 4.79 Å². The number of nitrogens with zero attached hydrogens (tertiary/aromatic N) is 2. The Labute approximate surface area is 223 Å². The fraction of sp³-hybridized carbons (Fsp3) is 0.379. The molecule has 0 saturated carbocycles. The first-order valence-electron chi connectivity index (χ1n) is 12.4. The number of nitrogens with one attached hydrogen (secondary N) is 1. The van der Waals surface area contributed by atoms with Gasteiger partial charge in [-0.1, -0.05) is 61.2 Å². The van der Waals surface area contributed by atoms with Gasteiger partial charge in [0.1, 0.15) is 24.8 Å². The maximum absolute atomic E-state index is 13.4. The predicted octanol–water partition coefficient (Wildman–Crippen LogP) is 3.34. The van der Waals surface area contributed by atoms with Crippen LogP contribution in [0.15, 0.2) is 61.2 Å². The molecule has 0 fully saturated rings. The minimum atomic E-state index is -1.42. The van der Waals surface area contributed by atoms with Crippen molar-refractivity contribution in [3.63, 3.8) is 0 Å². The minimum absolute atomic E-state index is 0.00575. The largest absolute Gasteiger partial charge is 0.461 e. The normalized spacial score (nSPS) is 13.0. The van der Waals surface area contributed by atoms with E-state index in [1.54, 1.807) is 0 Å². The van der Waals surface area contributed by atoms with Crippen molar-refractivity contribution < 1.29 is 28.7 Å². The van der Waals surface area contributed by atoms with Gasteiger partial charge in [0, 0.05) is 27.1 Å². The lowest BCUT2D eigenvalue weighted by Crippen LogP contribution is -2.59. The number of amides is 3. The van der Waals surface area contributed by atoms with Gasteiger partial charge in [-0.3, -0.25) is 14.4 Å². The molecule has 1 unspecified atom stereocenters. The minimum Gasteiger partial charge on any atom is -0.461 e. The van der Waals surface area contributed by atoms with Crippen molar-refractivity contribution >= 4 is 23.9 Å². The van der Waals surface area contributed by atoms with Crippen molar-refractivity contribution in [3.8, 4) is 11.1 Å². The van der Waals surface area contributed by atoms with E-state index in [9.17, 15) is 19.2 Å². The van der Waals surface area contributed by atoms with Crippen LogP contribution in [0.5, 0.6) is 0 Å². The molecule has 2 aromatic rings. The second-order valence-electron chi connectivity index (χ2n) is 9.92. The van der Waals surface area contributed by atoms with E-state index in [0.29, 0.717) is 0 Å². The average molecular weight is 522 g/mol. The lowest BCUT2D eigenvalue weighted by molar-refractivity contribution is -0.152. The van der Waals surface area contributed by atoms with E-state index in [1.165, 1.54) is 46.0 Å². The van der Waals surface area contributed by atoms with Crippen LogP contribution in [-0.4, -0.2) is 79.6 Å². The first kappa shape index (κ1) is 28.4. The monoisotopic (exact) mass is 521 g/mol. The molecule has 0 saturated heterocycles. The summed E-state index contributed by atoms with van der Waals surface area (Å²) in [5.41, 5.74) is 2.94. The molecule has 0 radical (unpaired) electrons. The molecule has 202 valence electrons. The molecule has 38 heavy (non-hydrogen) atoms. The molecule has 1 atom stereocenters. The van der Waals surface area contributed by atoms with E-state index >= 15 is 0 Å². The number of ether oxygens (including phenoxy) is 2. The highest BCUT2D eigenvalue weighted by atomic mass is 16.5. The highest BCUT2D eigenvalue weighted by Crippen LogP contribution is 2.44. The lowest BCUT2D eigenvalue weighted by atomic mass is 9.98. The molecule has 9 heteroatoms. The zero-order chi connectivity index (χ0) is 28.0. The predicted molar refractivity (Wildman–Crippen MR) is 143 cm³/mol. The summed E-state index contributed by atoms with van der Waals surface area (Å²) in [5, 5.41) is 2.61. The molecule has 1 aliphatic rings. The zero-order valence-corrected chi connectivity index (χ0v) is 22.5. The van der Waals surface area contributed by atoms with E-state index in [1.807, 2.05) is 48.5 Å². The average Bonchev–Trinajstić information content (AvgIpc) is 3.21. The van der Waals surface area contributed by atoms with Crippen LogP contribution < -0.4 is 5.32 Å². The van der Waals surface area contributed by atoms with Gasteiger partial charge in [-0.2, -0.15) is 0 Å². The first-order valence-corrected chi connectivity index (χ1v) is 12.4. The van der Waals surface area contributed by atoms with E-state index < -0.39 is 35.5 Å². The number of benzene rings is 2. The molecular formula is C29H35N3O6. The Bertz CT molecular complexity index is 1180. The van der Waals surface area contributed by atoms with Crippen LogP contribution >= 0.6 is 0 Å². The van der Waals surface area contributed by atoms with Crippen LogP contribution in [0, 0.1) is 0 Å². The van der Waals surface area contributed by atoms with E-state index in [0.717, 1.165) is 27.2 Å². The highest BCUT2D eigenvalue weighted by molar-refractivity contribution is 5.95. The number of likely N-dealkylation sites (N-methyl/N-ethyl adjacent to an activating group) is 2. The van der Waals surface area contributed by atoms with Crippen LogP contribution in [0.2, 0.25) is 0 Å². The summed E-state index contributed by atoms with van der Waals surface area (Å²) in [6.07, 6.45) is 0.310. The molecule has 3 amide bonds. The smallest absolute Gasteiger partial charge is 0.408 e. The Morgan fingerprint density at radius 3 is 2.05 bits per heavy atom. The van der Waals surface area contributed by atoms with Crippen LogP contribution in [0.3, 0.4) is 0 Å². The number of esters is 1. The molecule has 2 aromatic carbocycles. The van der Waals surface area contributed by atoms with Gasteiger partial charge < -0.3 is 24.6 Å². The number of carbonyl (C=O) groups excluding carboxylic acids is 4. The molecule has 0 bridgehead atoms. The van der Waals surface area contributed by atoms with Gasteiger partial charge in [-0.15, -0.1) is 0 Å². The second kappa shape index (κ2) is 11.9. The first-order chi connectivity index (χ1) is 18.0. The maximum Gasteiger partial charge on any atom is 0.408 e. The molecule has 0 aliphatic heterocycles. The van der Waals surface area contributed by atoms with Crippen molar-refractivity contribution in [1.29, 1.82) is 0 Å². The number of hydrogen-bond acceptors (Lipinski definition) is 6. The van der Waals surface area contributed by atoms with Crippen LogP contribution in [0.1, 0.15) is 37.3 Å². The van der Waals surface area contributed by atoms with Crippen molar-refractivity contribution in [1.82, 2.24) is 15.1 Å². The Morgan fingerprint density at radius 2 is 1.53 bits per heavy atom. The topological polar surface area (TPSA) is 105 Å². The summed E-state index contributed by atoms with van der Waals surface area (Å²) in [6.45, 7) is 6.61. The Kier molecular flexibility index (Phi) is 8.93. The van der Waals surface area contributed by atoms with Crippen LogP contribution in [0.25, 0.3) is 11.1 Å². The molecule has 1 aliphatic carbocycles. The fourth-order valence-electron chi connectivity index (χ4n) is 4.58. The molecule has 0 aromatic heterocycles. The van der Waals surface area contributed by atoms with Gasteiger partial charge in [0.25, 0.3) is 0 Å². The summed E-state index contributed by atoms with van der Waals surface area (Å²) in [5.74, 6) is -1.79. The summed E-state index contributed by atoms with van der Waals surface area (Å²) < 4.78 is 10.6. The van der Waals surface area contributed by atoms with E-state index in [4.69, 9.17) is 9.47 Å². The Balaban J connectivity index is 1.68. The number of rotatable bonds is 10. The zero-order valence-electron chi connectivity index (χ0n) is 22.5. The third-order valence-corrected chi connectivity index (χ3v) is 6.53. The quantitative estimate of drug-likeness (QED) is 0.380. The lowest BCUT2D eigenvalue weighted by Gasteiger charge is -2.35. The molecular weight excluding hydrogens is 486 g/mol. The number of carbonyl (C=O) groups is 4. The molecule has 3 rings (SSSR count). The van der Waals surface area contributed by atoms with Crippen molar-refractivity contribution in [2.75, 3.05) is 34.4 Å². The number of alkyl carbamates (subject to hydrolysis) is 1. The van der Waals surface area contributed by atoms with Gasteiger partial charge in [0.15, 0.2) is 0 Å². The van der Waals surface area contributed by atoms with E-state index in [2.05, 4.69) is 11.9 Å². The van der Waals surface area contributed by atoms with Crippen LogP contribution in [-0.2, 0) is 23.9 Å². The maximum atomic E-state index is 13.4. The summed E-state index contributed by atoms with van der Waals surface area (Å²) >= 11 is 0. The molecule has 1 N–H and O–H groups in total. The third-order valence-electron chi connectivity index (χ3n) is 6.53. The molecule has 9 nitrogen and oxygen atoms in total. The number of hydrogen-bond donors (Lipinski definition) is 1. The van der Waals surface area contributed by atoms with E-state index in [-0.39, 0.29) is 25.6 Å². The summed E-state index contributed by atoms with van der Waals surface area (Å²) in [7, 11) is 4.47. The van der Waals surface area contributed by atoms with Gasteiger partial charge in [0.2, 0.25) is 11.8 Å². The number of fused-ring (bicyclic) bond motifs is 3. The third kappa shape index (κ3) is 6.22. The summed E-state index contributed by atoms with van der Waals surface area (Å²) in [4.78, 5) is 53.6. The van der Waals surface area contributed by atoms with Crippen molar-refractivity contribution in [3.05, 3.63) is 72.3 Å². The summed E-state index contributed by atoms with van der Waals surface area (Å²) in [6, 6.07) is 14.9. The standard InChI is InChI=1S/C29H35N3O6/c1-7-16-37-25(33)17-24(26(34)31(4)5)32(6)27(35)29(2,3)30-28(36)38-18-23-21-14-10-8-12-19(21)20-13-9-11-15-22(20)23/h7-15,23-24H,1,16-18H2,2-6H3,(H,30,36). The van der Waals surface area contributed by atoms with Gasteiger partial charge in [-0.25, -0.2) is 4.79 Å². The molecule has 0 heterocycles. The van der Waals surface area contributed by atoms with Gasteiger partial charge in [0.05, 0.1) is 6.42 Å². The van der Waals surface area contributed by atoms with Crippen molar-refractivity contribution in [2.24, 2.45) is 0 Å². The van der Waals surface area contributed by atoms with Gasteiger partial charge in [-0.05, 0) is 36.1 Å². The van der Waals surface area contributed by atoms with Crippen molar-refractivity contribution in [2.45, 2.75) is 37.8 Å². The second-order valence-corrected chi connectivity index (χ2v) is 9.92. The molecule has 0 spiro atoms.